The van der Waals surface area contributed by atoms with Crippen molar-refractivity contribution in [2.45, 2.75) is 4.90 Å². The Morgan fingerprint density at radius 3 is 1.57 bits per heavy atom. The van der Waals surface area contributed by atoms with E-state index >= 15 is 0 Å². The molecular weight excluding hydrogens is 310 g/mol. The van der Waals surface area contributed by atoms with Crippen LogP contribution in [-0.2, 0) is 10.7 Å². The van der Waals surface area contributed by atoms with Gasteiger partial charge in [-0.1, -0.05) is 24.3 Å². The zero-order chi connectivity index (χ0) is 16.2. The molecule has 0 bridgehead atoms. The number of nitrogen functional groups attached to an aromatic ring is 1. The third kappa shape index (κ3) is 3.70. The van der Waals surface area contributed by atoms with Gasteiger partial charge >= 0.3 is 0 Å². The lowest BCUT2D eigenvalue weighted by Gasteiger charge is -2.07. The Morgan fingerprint density at radius 2 is 1.09 bits per heavy atom. The first kappa shape index (κ1) is 15.1. The predicted molar refractivity (Wildman–Crippen MR) is 91.4 cm³/mol. The van der Waals surface area contributed by atoms with Crippen molar-refractivity contribution in [2.75, 3.05) is 5.73 Å². The smallest absolute Gasteiger partial charge is 0.168 e. The summed E-state index contributed by atoms with van der Waals surface area (Å²) >= 11 is 0. The Bertz CT molecular complexity index is 860. The summed E-state index contributed by atoms with van der Waals surface area (Å²) in [6.45, 7) is 0. The Labute approximate surface area is 136 Å². The molecule has 3 aromatic rings. The largest absolute Gasteiger partial charge is 0.457 e. The van der Waals surface area contributed by atoms with Gasteiger partial charge in [0.2, 0.25) is 0 Å². The van der Waals surface area contributed by atoms with Crippen LogP contribution in [0, 0.1) is 0 Å². The van der Waals surface area contributed by atoms with Crippen LogP contribution in [0.1, 0.15) is 0 Å². The summed E-state index contributed by atoms with van der Waals surface area (Å²) in [7, 11) is -2.54. The quantitative estimate of drug-likeness (QED) is 0.567. The fraction of sp³-hybridized carbons (Fsp3) is 0. The highest BCUT2D eigenvalue weighted by Gasteiger charge is 2.01. The first-order valence-electron chi connectivity index (χ1n) is 7.00. The number of anilines is 1. The summed E-state index contributed by atoms with van der Waals surface area (Å²) in [5.74, 6) is 1.44. The van der Waals surface area contributed by atoms with Crippen molar-refractivity contribution < 1.29 is 13.2 Å². The number of hydrogen-bond donors (Lipinski definition) is 2. The first-order valence-corrected chi connectivity index (χ1v) is 8.18. The van der Waals surface area contributed by atoms with Crippen LogP contribution in [-0.4, -0.2) is 8.42 Å². The standard InChI is InChI=1S/C18H15NO3S/c19-15-5-9-17(10-6-15)22-16-7-1-13(2-8-16)14-3-11-18(12-4-14)23(20)21/h1-12,23H,19H2. The van der Waals surface area contributed by atoms with E-state index in [9.17, 15) is 8.42 Å². The van der Waals surface area contributed by atoms with Gasteiger partial charge in [0.1, 0.15) is 11.5 Å². The summed E-state index contributed by atoms with van der Waals surface area (Å²) in [4.78, 5) is 0.312. The molecule has 4 nitrogen and oxygen atoms in total. The topological polar surface area (TPSA) is 69.4 Å². The van der Waals surface area contributed by atoms with Crippen molar-refractivity contribution in [3.8, 4) is 22.6 Å². The molecule has 3 rings (SSSR count). The monoisotopic (exact) mass is 325 g/mol. The van der Waals surface area contributed by atoms with Gasteiger partial charge in [0.05, 0.1) is 4.90 Å². The number of rotatable bonds is 4. The molecule has 116 valence electrons. The average Bonchev–Trinajstić information content (AvgIpc) is 2.58. The minimum Gasteiger partial charge on any atom is -0.457 e. The van der Waals surface area contributed by atoms with Gasteiger partial charge in [-0.05, 0) is 59.7 Å². The second-order valence-electron chi connectivity index (χ2n) is 5.00. The van der Waals surface area contributed by atoms with Crippen LogP contribution < -0.4 is 10.5 Å². The summed E-state index contributed by atoms with van der Waals surface area (Å²) in [5.41, 5.74) is 8.27. The maximum Gasteiger partial charge on any atom is 0.168 e. The van der Waals surface area contributed by atoms with Crippen molar-refractivity contribution in [1.82, 2.24) is 0 Å². The molecule has 5 heteroatoms. The zero-order valence-corrected chi connectivity index (χ0v) is 13.1. The fourth-order valence-corrected chi connectivity index (χ4v) is 2.56. The highest BCUT2D eigenvalue weighted by atomic mass is 32.2. The molecule has 0 unspecified atom stereocenters. The van der Waals surface area contributed by atoms with Crippen LogP contribution >= 0.6 is 0 Å². The van der Waals surface area contributed by atoms with Crippen LogP contribution in [0.15, 0.2) is 77.7 Å². The molecule has 3 aromatic carbocycles. The highest BCUT2D eigenvalue weighted by Crippen LogP contribution is 2.26. The number of benzene rings is 3. The lowest BCUT2D eigenvalue weighted by Crippen LogP contribution is -1.87. The molecule has 0 fully saturated rings. The molecule has 0 amide bonds. The Kier molecular flexibility index (Phi) is 4.30. The third-order valence-corrected chi connectivity index (χ3v) is 4.10. The summed E-state index contributed by atoms with van der Waals surface area (Å²) in [6, 6.07) is 21.6. The van der Waals surface area contributed by atoms with E-state index in [1.807, 2.05) is 36.4 Å². The molecule has 0 atom stereocenters. The Balaban J connectivity index is 1.77. The van der Waals surface area contributed by atoms with Gasteiger partial charge in [0, 0.05) is 5.69 Å². The van der Waals surface area contributed by atoms with Gasteiger partial charge in [0.15, 0.2) is 10.7 Å². The maximum absolute atomic E-state index is 10.9. The van der Waals surface area contributed by atoms with E-state index in [-0.39, 0.29) is 0 Å². The summed E-state index contributed by atoms with van der Waals surface area (Å²) in [5, 5.41) is 0. The van der Waals surface area contributed by atoms with Crippen LogP contribution in [0.5, 0.6) is 11.5 Å². The van der Waals surface area contributed by atoms with Crippen LogP contribution in [0.3, 0.4) is 0 Å². The molecule has 0 saturated heterocycles. The van der Waals surface area contributed by atoms with Crippen LogP contribution in [0.2, 0.25) is 0 Å². The van der Waals surface area contributed by atoms with E-state index in [2.05, 4.69) is 0 Å². The highest BCUT2D eigenvalue weighted by molar-refractivity contribution is 7.72. The second kappa shape index (κ2) is 6.54. The number of nitrogens with two attached hydrogens (primary N) is 1. The van der Waals surface area contributed by atoms with Crippen molar-refractivity contribution in [3.05, 3.63) is 72.8 Å². The zero-order valence-electron chi connectivity index (χ0n) is 12.2. The first-order chi connectivity index (χ1) is 11.1. The molecule has 0 radical (unpaired) electrons. The van der Waals surface area contributed by atoms with Crippen molar-refractivity contribution in [3.63, 3.8) is 0 Å². The van der Waals surface area contributed by atoms with Gasteiger partial charge in [-0.15, -0.1) is 0 Å². The van der Waals surface area contributed by atoms with Gasteiger partial charge in [0.25, 0.3) is 0 Å². The molecular formula is C18H15NO3S. The molecule has 2 N–H and O–H groups in total. The maximum atomic E-state index is 10.9. The van der Waals surface area contributed by atoms with E-state index in [1.165, 1.54) is 0 Å². The third-order valence-electron chi connectivity index (χ3n) is 3.38. The van der Waals surface area contributed by atoms with Crippen LogP contribution in [0.4, 0.5) is 5.69 Å². The lowest BCUT2D eigenvalue weighted by molar-refractivity contribution is 0.483. The average molecular weight is 325 g/mol. The number of hydrogen-bond acceptors (Lipinski definition) is 4. The van der Waals surface area contributed by atoms with Gasteiger partial charge in [-0.3, -0.25) is 0 Å². The van der Waals surface area contributed by atoms with E-state index in [0.29, 0.717) is 10.6 Å². The summed E-state index contributed by atoms with van der Waals surface area (Å²) in [6.07, 6.45) is 0. The SMILES string of the molecule is Nc1ccc(Oc2ccc(-c3ccc([SH](=O)=O)cc3)cc2)cc1. The number of thiol groups is 1. The minimum atomic E-state index is -2.54. The minimum absolute atomic E-state index is 0.312. The fourth-order valence-electron chi connectivity index (χ4n) is 2.16. The van der Waals surface area contributed by atoms with Crippen molar-refractivity contribution >= 4 is 16.4 Å². The lowest BCUT2D eigenvalue weighted by atomic mass is 10.1. The van der Waals surface area contributed by atoms with Crippen LogP contribution in [0.25, 0.3) is 11.1 Å². The van der Waals surface area contributed by atoms with Gasteiger partial charge in [-0.2, -0.15) is 0 Å². The molecule has 0 aliphatic carbocycles. The molecule has 23 heavy (non-hydrogen) atoms. The van der Waals surface area contributed by atoms with Crippen molar-refractivity contribution in [2.24, 2.45) is 0 Å². The molecule has 0 aliphatic rings. The molecule has 0 aromatic heterocycles. The van der Waals surface area contributed by atoms with E-state index in [4.69, 9.17) is 10.5 Å². The van der Waals surface area contributed by atoms with E-state index in [0.717, 1.165) is 22.6 Å². The molecule has 0 heterocycles. The Morgan fingerprint density at radius 1 is 0.652 bits per heavy atom. The molecule has 0 spiro atoms. The number of ether oxygens (including phenoxy) is 1. The van der Waals surface area contributed by atoms with Crippen molar-refractivity contribution in [1.29, 1.82) is 0 Å². The van der Waals surface area contributed by atoms with E-state index in [1.54, 1.807) is 36.4 Å². The predicted octanol–water partition coefficient (Wildman–Crippen LogP) is 3.70. The normalized spacial score (nSPS) is 10.7. The van der Waals surface area contributed by atoms with Gasteiger partial charge in [-0.25, -0.2) is 8.42 Å². The summed E-state index contributed by atoms with van der Waals surface area (Å²) < 4.78 is 27.5. The molecule has 0 saturated carbocycles. The Hall–Kier alpha value is -2.79. The van der Waals surface area contributed by atoms with E-state index < -0.39 is 10.7 Å². The molecule has 0 aliphatic heterocycles. The van der Waals surface area contributed by atoms with Gasteiger partial charge < -0.3 is 10.5 Å². The second-order valence-corrected chi connectivity index (χ2v) is 6.03.